The maximum absolute atomic E-state index is 12.7. The summed E-state index contributed by atoms with van der Waals surface area (Å²) < 4.78 is 34.2. The Kier molecular flexibility index (Phi) is 7.90. The maximum atomic E-state index is 12.7. The molecule has 0 amide bonds. The lowest BCUT2D eigenvalue weighted by Crippen LogP contribution is -2.31. The highest BCUT2D eigenvalue weighted by molar-refractivity contribution is 9.10. The molecule has 164 valence electrons. The molecule has 0 aliphatic carbocycles. The number of rotatable bonds is 9. The molecule has 1 aliphatic heterocycles. The Bertz CT molecular complexity index is 965. The van der Waals surface area contributed by atoms with Crippen LogP contribution in [0.5, 0.6) is 5.75 Å². The molecule has 0 spiro atoms. The second-order valence-electron chi connectivity index (χ2n) is 7.09. The van der Waals surface area contributed by atoms with Crippen LogP contribution >= 0.6 is 15.9 Å². The maximum Gasteiger partial charge on any atom is 0.244 e. The van der Waals surface area contributed by atoms with E-state index >= 15 is 0 Å². The Morgan fingerprint density at radius 2 is 1.90 bits per heavy atom. The zero-order valence-corrected chi connectivity index (χ0v) is 19.7. The normalized spacial score (nSPS) is 14.6. The summed E-state index contributed by atoms with van der Waals surface area (Å²) >= 11 is 3.32. The molecule has 10 heteroatoms. The van der Waals surface area contributed by atoms with Gasteiger partial charge in [0.05, 0.1) is 6.61 Å². The number of hydrogen-bond acceptors (Lipinski definition) is 7. The van der Waals surface area contributed by atoms with Gasteiger partial charge in [0.25, 0.3) is 0 Å². The molecule has 30 heavy (non-hydrogen) atoms. The molecule has 1 aromatic carbocycles. The van der Waals surface area contributed by atoms with Gasteiger partial charge in [-0.3, -0.25) is 0 Å². The van der Waals surface area contributed by atoms with Gasteiger partial charge in [-0.2, -0.15) is 4.98 Å². The largest absolute Gasteiger partial charge is 0.492 e. The zero-order valence-electron chi connectivity index (χ0n) is 17.3. The second-order valence-corrected chi connectivity index (χ2v) is 9.74. The van der Waals surface area contributed by atoms with Gasteiger partial charge in [-0.1, -0.05) is 15.9 Å². The summed E-state index contributed by atoms with van der Waals surface area (Å²) in [6.07, 6.45) is 3.61. The number of halogens is 1. The number of aryl methyl sites for hydroxylation is 1. The van der Waals surface area contributed by atoms with E-state index in [2.05, 4.69) is 40.8 Å². The third kappa shape index (κ3) is 6.05. The third-order valence-electron chi connectivity index (χ3n) is 4.72. The summed E-state index contributed by atoms with van der Waals surface area (Å²) in [6, 6.07) is 6.92. The van der Waals surface area contributed by atoms with E-state index in [9.17, 15) is 8.42 Å². The van der Waals surface area contributed by atoms with Crippen LogP contribution in [0.1, 0.15) is 31.9 Å². The summed E-state index contributed by atoms with van der Waals surface area (Å²) in [5.41, 5.74) is 0.879. The number of aromatic nitrogens is 2. The van der Waals surface area contributed by atoms with Crippen LogP contribution in [-0.4, -0.2) is 51.2 Å². The van der Waals surface area contributed by atoms with Gasteiger partial charge in [-0.15, -0.1) is 0 Å². The lowest BCUT2D eigenvalue weighted by atomic mass is 10.1. The van der Waals surface area contributed by atoms with Gasteiger partial charge in [0.2, 0.25) is 16.0 Å². The van der Waals surface area contributed by atoms with Crippen molar-refractivity contribution in [2.45, 2.75) is 38.0 Å². The van der Waals surface area contributed by atoms with Crippen LogP contribution in [0.4, 0.5) is 11.8 Å². The van der Waals surface area contributed by atoms with E-state index in [1.807, 2.05) is 19.9 Å². The highest BCUT2D eigenvalue weighted by Crippen LogP contribution is 2.27. The van der Waals surface area contributed by atoms with E-state index in [4.69, 9.17) is 4.74 Å². The van der Waals surface area contributed by atoms with Crippen LogP contribution in [0, 0.1) is 6.92 Å². The molecule has 2 heterocycles. The molecule has 1 fully saturated rings. The van der Waals surface area contributed by atoms with Crippen molar-refractivity contribution < 1.29 is 13.2 Å². The molecule has 0 radical (unpaired) electrons. The van der Waals surface area contributed by atoms with E-state index in [1.54, 1.807) is 12.1 Å². The van der Waals surface area contributed by atoms with E-state index in [1.165, 1.54) is 25.3 Å². The van der Waals surface area contributed by atoms with Gasteiger partial charge in [0.1, 0.15) is 16.5 Å². The smallest absolute Gasteiger partial charge is 0.244 e. The van der Waals surface area contributed by atoms with Crippen LogP contribution in [0.15, 0.2) is 33.6 Å². The zero-order chi connectivity index (χ0) is 21.6. The molecule has 0 unspecified atom stereocenters. The standard InChI is InChI=1S/C20H28BrN5O3S/c1-3-29-17-8-7-16(21)14-18(17)30(27,28)23-10-9-22-20-24-15(2)13-19(25-20)26-11-5-4-6-12-26/h7-8,13-14,23H,3-6,9-12H2,1-2H3,(H,22,24,25). The number of piperidine rings is 1. The van der Waals surface area contributed by atoms with Crippen molar-refractivity contribution in [2.24, 2.45) is 0 Å². The Labute approximate surface area is 186 Å². The molecule has 0 saturated carbocycles. The molecule has 2 N–H and O–H groups in total. The Hall–Kier alpha value is -1.91. The fourth-order valence-corrected chi connectivity index (χ4v) is 5.03. The number of ether oxygens (including phenoxy) is 1. The first kappa shape index (κ1) is 22.8. The topological polar surface area (TPSA) is 96.5 Å². The predicted octanol–water partition coefficient (Wildman–Crippen LogP) is 3.33. The van der Waals surface area contributed by atoms with Crippen molar-refractivity contribution >= 4 is 37.7 Å². The van der Waals surface area contributed by atoms with Crippen LogP contribution < -0.4 is 19.7 Å². The number of nitrogens with one attached hydrogen (secondary N) is 2. The van der Waals surface area contributed by atoms with E-state index in [-0.39, 0.29) is 11.4 Å². The molecule has 0 bridgehead atoms. The molecular formula is C20H28BrN5O3S. The van der Waals surface area contributed by atoms with Crippen molar-refractivity contribution in [3.63, 3.8) is 0 Å². The van der Waals surface area contributed by atoms with Gasteiger partial charge >= 0.3 is 0 Å². The Morgan fingerprint density at radius 3 is 2.63 bits per heavy atom. The minimum atomic E-state index is -3.72. The van der Waals surface area contributed by atoms with Crippen LogP contribution in [-0.2, 0) is 10.0 Å². The number of benzene rings is 1. The van der Waals surface area contributed by atoms with E-state index in [0.717, 1.165) is 24.6 Å². The van der Waals surface area contributed by atoms with Crippen LogP contribution in [0.25, 0.3) is 0 Å². The number of hydrogen-bond donors (Lipinski definition) is 2. The molecule has 8 nitrogen and oxygen atoms in total. The first-order valence-corrected chi connectivity index (χ1v) is 12.4. The number of sulfonamides is 1. The average molecular weight is 498 g/mol. The fourth-order valence-electron chi connectivity index (χ4n) is 3.32. The highest BCUT2D eigenvalue weighted by Gasteiger charge is 2.20. The van der Waals surface area contributed by atoms with E-state index in [0.29, 0.717) is 29.3 Å². The van der Waals surface area contributed by atoms with Crippen LogP contribution in [0.3, 0.4) is 0 Å². The predicted molar refractivity (Wildman–Crippen MR) is 122 cm³/mol. The number of anilines is 2. The summed E-state index contributed by atoms with van der Waals surface area (Å²) in [7, 11) is -3.72. The third-order valence-corrected chi connectivity index (χ3v) is 6.69. The minimum Gasteiger partial charge on any atom is -0.492 e. The first-order valence-electron chi connectivity index (χ1n) is 10.2. The Morgan fingerprint density at radius 1 is 1.13 bits per heavy atom. The van der Waals surface area contributed by atoms with Crippen LogP contribution in [0.2, 0.25) is 0 Å². The second kappa shape index (κ2) is 10.4. The molecule has 3 rings (SSSR count). The fraction of sp³-hybridized carbons (Fsp3) is 0.500. The van der Waals surface area contributed by atoms with Gasteiger partial charge in [0.15, 0.2) is 0 Å². The molecule has 1 saturated heterocycles. The number of nitrogens with zero attached hydrogens (tertiary/aromatic N) is 3. The monoisotopic (exact) mass is 497 g/mol. The lowest BCUT2D eigenvalue weighted by Gasteiger charge is -2.28. The van der Waals surface area contributed by atoms with Gasteiger partial charge < -0.3 is 15.0 Å². The summed E-state index contributed by atoms with van der Waals surface area (Å²) in [5.74, 6) is 1.75. The van der Waals surface area contributed by atoms with Gasteiger partial charge in [-0.05, 0) is 51.3 Å². The van der Waals surface area contributed by atoms with Gasteiger partial charge in [0, 0.05) is 42.4 Å². The highest BCUT2D eigenvalue weighted by atomic mass is 79.9. The molecule has 1 aromatic heterocycles. The molecule has 0 atom stereocenters. The van der Waals surface area contributed by atoms with Crippen molar-refractivity contribution in [3.8, 4) is 5.75 Å². The quantitative estimate of drug-likeness (QED) is 0.512. The molecule has 1 aliphatic rings. The lowest BCUT2D eigenvalue weighted by molar-refractivity contribution is 0.331. The summed E-state index contributed by atoms with van der Waals surface area (Å²) in [5, 5.41) is 3.12. The average Bonchev–Trinajstić information content (AvgIpc) is 2.73. The first-order chi connectivity index (χ1) is 14.4. The van der Waals surface area contributed by atoms with Crippen molar-refractivity contribution in [1.29, 1.82) is 0 Å². The van der Waals surface area contributed by atoms with Gasteiger partial charge in [-0.25, -0.2) is 18.1 Å². The molecular weight excluding hydrogens is 470 g/mol. The summed E-state index contributed by atoms with van der Waals surface area (Å²) in [4.78, 5) is 11.4. The Balaban J connectivity index is 1.61. The van der Waals surface area contributed by atoms with E-state index < -0.39 is 10.0 Å². The SMILES string of the molecule is CCOc1ccc(Br)cc1S(=O)(=O)NCCNc1nc(C)cc(N2CCCCC2)n1. The van der Waals surface area contributed by atoms with Crippen molar-refractivity contribution in [1.82, 2.24) is 14.7 Å². The van der Waals surface area contributed by atoms with Crippen molar-refractivity contribution in [2.75, 3.05) is 43.0 Å². The van der Waals surface area contributed by atoms with Crippen molar-refractivity contribution in [3.05, 3.63) is 34.4 Å². The molecule has 2 aromatic rings. The minimum absolute atomic E-state index is 0.109. The summed E-state index contributed by atoms with van der Waals surface area (Å²) in [6.45, 7) is 6.70.